The molecule has 1 saturated heterocycles. The van der Waals surface area contributed by atoms with Crippen molar-refractivity contribution in [2.75, 3.05) is 26.2 Å². The lowest BCUT2D eigenvalue weighted by molar-refractivity contribution is 0.0630. The van der Waals surface area contributed by atoms with Gasteiger partial charge in [-0.05, 0) is 31.5 Å². The lowest BCUT2D eigenvalue weighted by Gasteiger charge is -2.34. The molecule has 0 radical (unpaired) electrons. The number of rotatable bonds is 4. The van der Waals surface area contributed by atoms with E-state index in [2.05, 4.69) is 51.0 Å². The Morgan fingerprint density at radius 1 is 1.09 bits per heavy atom. The molecule has 5 rings (SSSR count). The van der Waals surface area contributed by atoms with E-state index in [4.69, 9.17) is 0 Å². The number of pyridine rings is 1. The van der Waals surface area contributed by atoms with Crippen molar-refractivity contribution in [2.24, 2.45) is 0 Å². The van der Waals surface area contributed by atoms with Crippen LogP contribution < -0.4 is 5.56 Å². The van der Waals surface area contributed by atoms with Gasteiger partial charge in [-0.25, -0.2) is 4.98 Å². The highest BCUT2D eigenvalue weighted by molar-refractivity contribution is 7.19. The van der Waals surface area contributed by atoms with Crippen LogP contribution in [0, 0.1) is 13.8 Å². The third-order valence-corrected chi connectivity index (χ3v) is 7.08. The van der Waals surface area contributed by atoms with Crippen molar-refractivity contribution in [3.05, 3.63) is 80.6 Å². The molecule has 0 atom stereocenters. The number of carbonyl (C=O) groups is 1. The molecule has 33 heavy (non-hydrogen) atoms. The number of fused-ring (bicyclic) bond motifs is 1. The van der Waals surface area contributed by atoms with E-state index in [-0.39, 0.29) is 11.5 Å². The summed E-state index contributed by atoms with van der Waals surface area (Å²) in [5, 5.41) is 0. The number of hydrogen-bond donors (Lipinski definition) is 1. The second-order valence-corrected chi connectivity index (χ2v) is 9.62. The molecule has 4 heterocycles. The Bertz CT molecular complexity index is 1370. The van der Waals surface area contributed by atoms with Crippen molar-refractivity contribution < 1.29 is 4.79 Å². The van der Waals surface area contributed by atoms with Crippen LogP contribution in [0.25, 0.3) is 21.7 Å². The van der Waals surface area contributed by atoms with Gasteiger partial charge in [-0.15, -0.1) is 11.3 Å². The van der Waals surface area contributed by atoms with E-state index in [1.165, 1.54) is 22.5 Å². The summed E-state index contributed by atoms with van der Waals surface area (Å²) in [6, 6.07) is 14.0. The maximum Gasteiger partial charge on any atom is 0.269 e. The largest absolute Gasteiger partial charge is 0.336 e. The van der Waals surface area contributed by atoms with Gasteiger partial charge in [-0.3, -0.25) is 19.5 Å². The van der Waals surface area contributed by atoms with E-state index < -0.39 is 0 Å². The summed E-state index contributed by atoms with van der Waals surface area (Å²) < 4.78 is 0.480. The number of aromatic amines is 1. The smallest absolute Gasteiger partial charge is 0.269 e. The number of nitrogens with one attached hydrogen (secondary N) is 1. The number of carbonyl (C=O) groups excluding carboxylic acids is 1. The quantitative estimate of drug-likeness (QED) is 0.504. The van der Waals surface area contributed by atoms with Gasteiger partial charge in [0.15, 0.2) is 5.82 Å². The molecule has 7 nitrogen and oxygen atoms in total. The van der Waals surface area contributed by atoms with Crippen LogP contribution in [0.2, 0.25) is 0 Å². The van der Waals surface area contributed by atoms with E-state index in [0.717, 1.165) is 24.5 Å². The first-order valence-electron chi connectivity index (χ1n) is 11.0. The number of amides is 1. The molecule has 1 aromatic carbocycles. The first-order chi connectivity index (χ1) is 16.0. The van der Waals surface area contributed by atoms with Crippen LogP contribution in [0.1, 0.15) is 26.4 Å². The normalized spacial score (nSPS) is 14.7. The second kappa shape index (κ2) is 8.88. The molecule has 1 aliphatic rings. The Balaban J connectivity index is 1.38. The Morgan fingerprint density at radius 2 is 1.91 bits per heavy atom. The molecule has 3 aromatic heterocycles. The number of aryl methyl sites for hydroxylation is 2. The fraction of sp³-hybridized carbons (Fsp3) is 0.280. The monoisotopic (exact) mass is 459 g/mol. The Hall–Kier alpha value is -3.36. The summed E-state index contributed by atoms with van der Waals surface area (Å²) in [7, 11) is 0. The number of H-pyrrole nitrogens is 1. The van der Waals surface area contributed by atoms with Crippen molar-refractivity contribution in [1.29, 1.82) is 0 Å². The zero-order chi connectivity index (χ0) is 22.9. The van der Waals surface area contributed by atoms with Crippen molar-refractivity contribution in [3.8, 4) is 11.5 Å². The van der Waals surface area contributed by atoms with Gasteiger partial charge in [-0.1, -0.05) is 35.9 Å². The molecule has 0 unspecified atom stereocenters. The van der Waals surface area contributed by atoms with Crippen LogP contribution >= 0.6 is 11.3 Å². The minimum Gasteiger partial charge on any atom is -0.336 e. The van der Waals surface area contributed by atoms with Gasteiger partial charge >= 0.3 is 0 Å². The summed E-state index contributed by atoms with van der Waals surface area (Å²) in [4.78, 5) is 43.1. The average Bonchev–Trinajstić information content (AvgIpc) is 3.16. The third-order valence-electron chi connectivity index (χ3n) is 5.99. The van der Waals surface area contributed by atoms with Crippen LogP contribution in [0.4, 0.5) is 0 Å². The summed E-state index contributed by atoms with van der Waals surface area (Å²) in [5.74, 6) is 0.321. The maximum absolute atomic E-state index is 13.5. The van der Waals surface area contributed by atoms with Gasteiger partial charge in [0, 0.05) is 43.8 Å². The van der Waals surface area contributed by atoms with Gasteiger partial charge in [0.1, 0.15) is 15.9 Å². The van der Waals surface area contributed by atoms with Crippen molar-refractivity contribution in [3.63, 3.8) is 0 Å². The molecule has 1 aliphatic heterocycles. The summed E-state index contributed by atoms with van der Waals surface area (Å²) >= 11 is 1.32. The molecule has 168 valence electrons. The molecule has 0 aliphatic carbocycles. The molecular weight excluding hydrogens is 434 g/mol. The summed E-state index contributed by atoms with van der Waals surface area (Å²) in [6.45, 7) is 7.80. The number of nitrogens with zero attached hydrogens (tertiary/aromatic N) is 4. The first kappa shape index (κ1) is 21.5. The Labute approximate surface area is 195 Å². The molecule has 0 saturated carbocycles. The highest BCUT2D eigenvalue weighted by Crippen LogP contribution is 2.29. The molecule has 8 heteroatoms. The molecule has 4 aromatic rings. The van der Waals surface area contributed by atoms with E-state index in [0.29, 0.717) is 40.4 Å². The topological polar surface area (TPSA) is 82.2 Å². The molecular formula is C25H25N5O2S. The van der Waals surface area contributed by atoms with Crippen molar-refractivity contribution in [2.45, 2.75) is 20.4 Å². The number of hydrogen-bond acceptors (Lipinski definition) is 6. The minimum absolute atomic E-state index is 0.0565. The van der Waals surface area contributed by atoms with E-state index in [1.807, 2.05) is 24.0 Å². The van der Waals surface area contributed by atoms with E-state index in [9.17, 15) is 9.59 Å². The van der Waals surface area contributed by atoms with Crippen molar-refractivity contribution in [1.82, 2.24) is 24.8 Å². The predicted octanol–water partition coefficient (Wildman–Crippen LogP) is 3.62. The van der Waals surface area contributed by atoms with Gasteiger partial charge in [-0.2, -0.15) is 0 Å². The SMILES string of the molecule is Cc1cccc(CN2CCN(C(=O)c3c(C)sc4c(=O)[nH]c(-c5ccccn5)nc34)CC2)c1. The number of aromatic nitrogens is 3. The summed E-state index contributed by atoms with van der Waals surface area (Å²) in [6.07, 6.45) is 1.65. The highest BCUT2D eigenvalue weighted by atomic mass is 32.1. The Kier molecular flexibility index (Phi) is 5.78. The zero-order valence-corrected chi connectivity index (χ0v) is 19.5. The summed E-state index contributed by atoms with van der Waals surface area (Å²) in [5.41, 5.74) is 3.88. The van der Waals surface area contributed by atoms with Crippen LogP contribution in [0.15, 0.2) is 53.5 Å². The van der Waals surface area contributed by atoms with Gasteiger partial charge in [0.05, 0.1) is 5.56 Å². The fourth-order valence-electron chi connectivity index (χ4n) is 4.31. The lowest BCUT2D eigenvalue weighted by atomic mass is 10.1. The molecule has 0 spiro atoms. The van der Waals surface area contributed by atoms with E-state index >= 15 is 0 Å². The molecule has 1 amide bonds. The van der Waals surface area contributed by atoms with Gasteiger partial charge in [0.25, 0.3) is 11.5 Å². The first-order valence-corrected chi connectivity index (χ1v) is 11.8. The standard InChI is InChI=1S/C25H25N5O2S/c1-16-6-5-7-18(14-16)15-29-10-12-30(13-11-29)25(32)20-17(2)33-22-21(20)27-23(28-24(22)31)19-8-3-4-9-26-19/h3-9,14H,10-13,15H2,1-2H3,(H,27,28,31). The van der Waals surface area contributed by atoms with Crippen molar-refractivity contribution >= 4 is 27.5 Å². The maximum atomic E-state index is 13.5. The van der Waals surface area contributed by atoms with Crippen LogP contribution in [0.5, 0.6) is 0 Å². The van der Waals surface area contributed by atoms with E-state index in [1.54, 1.807) is 12.3 Å². The number of benzene rings is 1. The number of piperazine rings is 1. The highest BCUT2D eigenvalue weighted by Gasteiger charge is 2.27. The number of thiophene rings is 1. The lowest BCUT2D eigenvalue weighted by Crippen LogP contribution is -2.48. The molecule has 0 bridgehead atoms. The van der Waals surface area contributed by atoms with Crippen LogP contribution in [-0.4, -0.2) is 56.8 Å². The van der Waals surface area contributed by atoms with Crippen LogP contribution in [0.3, 0.4) is 0 Å². The van der Waals surface area contributed by atoms with Gasteiger partial charge in [0.2, 0.25) is 0 Å². The zero-order valence-electron chi connectivity index (χ0n) is 18.7. The minimum atomic E-state index is -0.240. The fourth-order valence-corrected chi connectivity index (χ4v) is 5.29. The molecule has 1 fully saturated rings. The van der Waals surface area contributed by atoms with Gasteiger partial charge < -0.3 is 9.88 Å². The molecule has 1 N–H and O–H groups in total. The third kappa shape index (κ3) is 4.31. The van der Waals surface area contributed by atoms with Crippen LogP contribution in [-0.2, 0) is 6.54 Å². The second-order valence-electron chi connectivity index (χ2n) is 8.40. The predicted molar refractivity (Wildman–Crippen MR) is 131 cm³/mol. The Morgan fingerprint density at radius 3 is 2.64 bits per heavy atom. The average molecular weight is 460 g/mol.